The molecule has 9 heteroatoms. The molecule has 0 unspecified atom stereocenters. The topological polar surface area (TPSA) is 39.2 Å². The van der Waals surface area contributed by atoms with Crippen LogP contribution >= 0.6 is 0 Å². The van der Waals surface area contributed by atoms with Crippen LogP contribution in [0.25, 0.3) is 0 Å². The van der Waals surface area contributed by atoms with Gasteiger partial charge in [-0.3, -0.25) is 9.78 Å². The summed E-state index contributed by atoms with van der Waals surface area (Å²) in [7, 11) is 0. The number of halogens is 6. The van der Waals surface area contributed by atoms with Gasteiger partial charge in [-0.05, 0) is 18.6 Å². The van der Waals surface area contributed by atoms with E-state index in [0.29, 0.717) is 6.20 Å². The third-order valence-electron chi connectivity index (χ3n) is 2.22. The van der Waals surface area contributed by atoms with Crippen LogP contribution in [0, 0.1) is 0 Å². The summed E-state index contributed by atoms with van der Waals surface area (Å²) in [6, 6.07) is -0.117. The lowest BCUT2D eigenvalue weighted by Gasteiger charge is -2.14. The van der Waals surface area contributed by atoms with Gasteiger partial charge in [0.1, 0.15) is 5.69 Å². The molecule has 1 heterocycles. The lowest BCUT2D eigenvalue weighted by atomic mass is 10.1. The van der Waals surface area contributed by atoms with Crippen molar-refractivity contribution in [1.82, 2.24) is 4.98 Å². The Morgan fingerprint density at radius 3 is 2.25 bits per heavy atom. The monoisotopic (exact) mass is 301 g/mol. The number of esters is 1. The Morgan fingerprint density at radius 2 is 1.80 bits per heavy atom. The van der Waals surface area contributed by atoms with Crippen molar-refractivity contribution in [3.8, 4) is 0 Å². The summed E-state index contributed by atoms with van der Waals surface area (Å²) in [6.45, 7) is 1.40. The molecule has 1 aromatic heterocycles. The first kappa shape index (κ1) is 16.3. The standard InChI is InChI=1S/C11H9F6NO2/c1-2-20-9(19)3-6-5-18-8(11(15,16)17)4-7(6)10(12,13)14/h4-5H,2-3H2,1H3. The van der Waals surface area contributed by atoms with E-state index in [0.717, 1.165) is 0 Å². The van der Waals surface area contributed by atoms with Crippen LogP contribution in [0.5, 0.6) is 0 Å². The maximum absolute atomic E-state index is 12.7. The number of nitrogens with zero attached hydrogens (tertiary/aromatic N) is 1. The van der Waals surface area contributed by atoms with E-state index in [9.17, 15) is 31.1 Å². The number of carbonyl (C=O) groups excluding carboxylic acids is 1. The van der Waals surface area contributed by atoms with Gasteiger partial charge in [-0.25, -0.2) is 0 Å². The molecular formula is C11H9F6NO2. The molecule has 1 rings (SSSR count). The highest BCUT2D eigenvalue weighted by atomic mass is 19.4. The van der Waals surface area contributed by atoms with Crippen LogP contribution in [0.1, 0.15) is 23.7 Å². The number of aromatic nitrogens is 1. The second-order valence-corrected chi connectivity index (χ2v) is 3.70. The van der Waals surface area contributed by atoms with Gasteiger partial charge in [-0.2, -0.15) is 26.3 Å². The molecule has 20 heavy (non-hydrogen) atoms. The minimum Gasteiger partial charge on any atom is -0.466 e. The van der Waals surface area contributed by atoms with Crippen molar-refractivity contribution >= 4 is 5.97 Å². The summed E-state index contributed by atoms with van der Waals surface area (Å²) in [5, 5.41) is 0. The molecule has 0 N–H and O–H groups in total. The first-order valence-electron chi connectivity index (χ1n) is 5.34. The predicted octanol–water partition coefficient (Wildman–Crippen LogP) is 3.22. The second-order valence-electron chi connectivity index (χ2n) is 3.70. The Bertz CT molecular complexity index is 495. The van der Waals surface area contributed by atoms with Crippen LogP contribution in [-0.4, -0.2) is 17.6 Å². The van der Waals surface area contributed by atoms with Gasteiger partial charge >= 0.3 is 18.3 Å². The minimum absolute atomic E-state index is 0.0474. The van der Waals surface area contributed by atoms with E-state index in [2.05, 4.69) is 9.72 Å². The highest BCUT2D eigenvalue weighted by Gasteiger charge is 2.39. The lowest BCUT2D eigenvalue weighted by molar-refractivity contribution is -0.146. The minimum atomic E-state index is -5.02. The van der Waals surface area contributed by atoms with Gasteiger partial charge in [0.15, 0.2) is 0 Å². The second kappa shape index (κ2) is 5.68. The molecule has 0 aliphatic heterocycles. The Morgan fingerprint density at radius 1 is 1.20 bits per heavy atom. The molecule has 0 saturated carbocycles. The highest BCUT2D eigenvalue weighted by Crippen LogP contribution is 2.36. The van der Waals surface area contributed by atoms with Gasteiger partial charge in [0, 0.05) is 6.20 Å². The molecule has 0 atom stereocenters. The van der Waals surface area contributed by atoms with E-state index in [1.807, 2.05) is 0 Å². The quantitative estimate of drug-likeness (QED) is 0.635. The molecule has 0 aliphatic carbocycles. The fourth-order valence-electron chi connectivity index (χ4n) is 1.41. The van der Waals surface area contributed by atoms with E-state index in [-0.39, 0.29) is 12.7 Å². The van der Waals surface area contributed by atoms with Crippen LogP contribution in [0.3, 0.4) is 0 Å². The molecule has 0 aromatic carbocycles. The van der Waals surface area contributed by atoms with E-state index >= 15 is 0 Å². The maximum Gasteiger partial charge on any atom is 0.433 e. The van der Waals surface area contributed by atoms with Crippen molar-refractivity contribution < 1.29 is 35.9 Å². The first-order chi connectivity index (χ1) is 9.05. The summed E-state index contributed by atoms with van der Waals surface area (Å²) in [5.74, 6) is -0.973. The summed E-state index contributed by atoms with van der Waals surface area (Å²) in [6.07, 6.45) is -10.4. The highest BCUT2D eigenvalue weighted by molar-refractivity contribution is 5.73. The number of alkyl halides is 6. The lowest BCUT2D eigenvalue weighted by Crippen LogP contribution is -2.18. The number of rotatable bonds is 3. The third kappa shape index (κ3) is 4.10. The number of hydrogen-bond acceptors (Lipinski definition) is 3. The van der Waals surface area contributed by atoms with Crippen LogP contribution in [0.15, 0.2) is 12.3 Å². The summed E-state index contributed by atoms with van der Waals surface area (Å²) < 4.78 is 79.6. The summed E-state index contributed by atoms with van der Waals surface area (Å²) in [5.41, 5.74) is -3.88. The van der Waals surface area contributed by atoms with Gasteiger partial charge in [-0.1, -0.05) is 0 Å². The van der Waals surface area contributed by atoms with Crippen LogP contribution < -0.4 is 0 Å². The number of hydrogen-bond donors (Lipinski definition) is 0. The van der Waals surface area contributed by atoms with Crippen LogP contribution in [-0.2, 0) is 28.3 Å². The zero-order valence-electron chi connectivity index (χ0n) is 10.1. The van der Waals surface area contributed by atoms with Crippen molar-refractivity contribution in [1.29, 1.82) is 0 Å². The van der Waals surface area contributed by atoms with Crippen molar-refractivity contribution in [2.75, 3.05) is 6.61 Å². The molecule has 3 nitrogen and oxygen atoms in total. The van der Waals surface area contributed by atoms with E-state index in [4.69, 9.17) is 0 Å². The maximum atomic E-state index is 12.7. The molecule has 112 valence electrons. The Hall–Kier alpha value is -1.80. The number of ether oxygens (including phenoxy) is 1. The first-order valence-corrected chi connectivity index (χ1v) is 5.34. The number of pyridine rings is 1. The molecule has 0 aliphatic rings. The molecular weight excluding hydrogens is 292 g/mol. The summed E-state index contributed by atoms with van der Waals surface area (Å²) >= 11 is 0. The van der Waals surface area contributed by atoms with Crippen molar-refractivity contribution in [2.45, 2.75) is 25.7 Å². The summed E-state index contributed by atoms with van der Waals surface area (Å²) in [4.78, 5) is 14.0. The Labute approximate surface area is 109 Å². The molecule has 0 amide bonds. The molecule has 0 radical (unpaired) electrons. The fraction of sp³-hybridized carbons (Fsp3) is 0.455. The van der Waals surface area contributed by atoms with E-state index in [1.54, 1.807) is 0 Å². The average Bonchev–Trinajstić information content (AvgIpc) is 2.26. The molecule has 1 aromatic rings. The van der Waals surface area contributed by atoms with E-state index in [1.165, 1.54) is 6.92 Å². The fourth-order valence-corrected chi connectivity index (χ4v) is 1.41. The molecule has 0 fully saturated rings. The van der Waals surface area contributed by atoms with Crippen molar-refractivity contribution in [3.63, 3.8) is 0 Å². The zero-order valence-corrected chi connectivity index (χ0v) is 10.1. The largest absolute Gasteiger partial charge is 0.466 e. The number of carbonyl (C=O) groups is 1. The third-order valence-corrected chi connectivity index (χ3v) is 2.22. The van der Waals surface area contributed by atoms with Crippen LogP contribution in [0.2, 0.25) is 0 Å². The van der Waals surface area contributed by atoms with Crippen LogP contribution in [0.4, 0.5) is 26.3 Å². The van der Waals surface area contributed by atoms with Crippen molar-refractivity contribution in [3.05, 3.63) is 29.1 Å². The predicted molar refractivity (Wildman–Crippen MR) is 54.6 cm³/mol. The van der Waals surface area contributed by atoms with Gasteiger partial charge in [0.05, 0.1) is 18.6 Å². The van der Waals surface area contributed by atoms with Gasteiger partial charge in [0.25, 0.3) is 0 Å². The molecule has 0 saturated heterocycles. The normalized spacial score (nSPS) is 12.3. The van der Waals surface area contributed by atoms with E-state index < -0.39 is 41.6 Å². The smallest absolute Gasteiger partial charge is 0.433 e. The van der Waals surface area contributed by atoms with Crippen molar-refractivity contribution in [2.24, 2.45) is 0 Å². The Kier molecular flexibility index (Phi) is 4.61. The zero-order chi connectivity index (χ0) is 15.6. The molecule has 0 bridgehead atoms. The SMILES string of the molecule is CCOC(=O)Cc1cnc(C(F)(F)F)cc1C(F)(F)F. The van der Waals surface area contributed by atoms with Gasteiger partial charge in [-0.15, -0.1) is 0 Å². The van der Waals surface area contributed by atoms with Gasteiger partial charge < -0.3 is 4.74 Å². The molecule has 0 spiro atoms. The average molecular weight is 301 g/mol. The Balaban J connectivity index is 3.21. The van der Waals surface area contributed by atoms with Gasteiger partial charge in [0.2, 0.25) is 0 Å².